The maximum Gasteiger partial charge on any atom is 0.241 e. The van der Waals surface area contributed by atoms with Gasteiger partial charge in [0.25, 0.3) is 0 Å². The number of aromatic nitrogens is 1. The van der Waals surface area contributed by atoms with Crippen LogP contribution in [0, 0.1) is 0 Å². The monoisotopic (exact) mass is 223 g/mol. The van der Waals surface area contributed by atoms with Crippen LogP contribution in [-0.2, 0) is 4.79 Å². The molecule has 0 saturated carbocycles. The van der Waals surface area contributed by atoms with E-state index in [0.717, 1.165) is 0 Å². The zero-order valence-corrected chi connectivity index (χ0v) is 9.73. The smallest absolute Gasteiger partial charge is 0.241 e. The summed E-state index contributed by atoms with van der Waals surface area (Å²) in [5.41, 5.74) is 6.00. The van der Waals surface area contributed by atoms with E-state index in [9.17, 15) is 4.79 Å². The molecule has 1 amide bonds. The van der Waals surface area contributed by atoms with Crippen LogP contribution in [0.15, 0.2) is 18.3 Å². The van der Waals surface area contributed by atoms with E-state index < -0.39 is 6.04 Å². The topological polar surface area (TPSA) is 77.2 Å². The third-order valence-electron chi connectivity index (χ3n) is 1.79. The Labute approximate surface area is 95.0 Å². The van der Waals surface area contributed by atoms with Crippen molar-refractivity contribution in [1.82, 2.24) is 4.98 Å². The van der Waals surface area contributed by atoms with Crippen molar-refractivity contribution in [3.05, 3.63) is 18.3 Å². The molecule has 1 rings (SSSR count). The number of anilines is 1. The van der Waals surface area contributed by atoms with Gasteiger partial charge in [-0.05, 0) is 32.9 Å². The fraction of sp³-hybridized carbons (Fsp3) is 0.455. The summed E-state index contributed by atoms with van der Waals surface area (Å²) in [7, 11) is 0. The number of hydrogen-bond acceptors (Lipinski definition) is 4. The molecule has 0 radical (unpaired) electrons. The third kappa shape index (κ3) is 3.51. The first-order valence-electron chi connectivity index (χ1n) is 5.19. The number of amides is 1. The molecular weight excluding hydrogens is 206 g/mol. The minimum absolute atomic E-state index is 0.000789. The quantitative estimate of drug-likeness (QED) is 0.802. The van der Waals surface area contributed by atoms with E-state index in [-0.39, 0.29) is 12.0 Å². The summed E-state index contributed by atoms with van der Waals surface area (Å²) in [6, 6.07) is 2.89. The second kappa shape index (κ2) is 5.46. The summed E-state index contributed by atoms with van der Waals surface area (Å²) in [5, 5.41) is 2.66. The number of carbonyl (C=O) groups is 1. The third-order valence-corrected chi connectivity index (χ3v) is 1.79. The highest BCUT2D eigenvalue weighted by molar-refractivity contribution is 5.95. The van der Waals surface area contributed by atoms with Crippen LogP contribution >= 0.6 is 0 Å². The Morgan fingerprint density at radius 1 is 1.50 bits per heavy atom. The number of rotatable bonds is 4. The first-order chi connectivity index (χ1) is 7.50. The first kappa shape index (κ1) is 12.4. The molecule has 1 aromatic heterocycles. The summed E-state index contributed by atoms with van der Waals surface area (Å²) in [4.78, 5) is 15.5. The molecule has 16 heavy (non-hydrogen) atoms. The minimum atomic E-state index is -0.563. The molecule has 0 spiro atoms. The zero-order chi connectivity index (χ0) is 12.1. The fourth-order valence-electron chi connectivity index (χ4n) is 1.05. The summed E-state index contributed by atoms with van der Waals surface area (Å²) in [5.74, 6) is 0.146. The molecule has 5 heteroatoms. The van der Waals surface area contributed by atoms with Gasteiger partial charge in [-0.25, -0.2) is 4.98 Å². The van der Waals surface area contributed by atoms with Crippen LogP contribution in [0.25, 0.3) is 0 Å². The predicted octanol–water partition coefficient (Wildman–Crippen LogP) is 1.15. The minimum Gasteiger partial charge on any atom is -0.473 e. The van der Waals surface area contributed by atoms with Crippen molar-refractivity contribution in [2.75, 3.05) is 5.32 Å². The Bertz CT molecular complexity index is 364. The van der Waals surface area contributed by atoms with Crippen LogP contribution in [0.1, 0.15) is 20.8 Å². The Morgan fingerprint density at radius 2 is 2.19 bits per heavy atom. The average molecular weight is 223 g/mol. The fourth-order valence-corrected chi connectivity index (χ4v) is 1.05. The van der Waals surface area contributed by atoms with Gasteiger partial charge in [-0.3, -0.25) is 4.79 Å². The lowest BCUT2D eigenvalue weighted by Gasteiger charge is -2.14. The van der Waals surface area contributed by atoms with Crippen molar-refractivity contribution < 1.29 is 9.53 Å². The summed E-state index contributed by atoms with van der Waals surface area (Å²) >= 11 is 0. The van der Waals surface area contributed by atoms with Crippen LogP contribution in [0.5, 0.6) is 5.88 Å². The zero-order valence-electron chi connectivity index (χ0n) is 9.73. The maximum atomic E-state index is 11.4. The summed E-state index contributed by atoms with van der Waals surface area (Å²) in [6.07, 6.45) is 1.61. The van der Waals surface area contributed by atoms with Gasteiger partial charge in [0.2, 0.25) is 11.8 Å². The first-order valence-corrected chi connectivity index (χ1v) is 5.19. The van der Waals surface area contributed by atoms with Crippen molar-refractivity contribution in [3.8, 4) is 5.88 Å². The lowest BCUT2D eigenvalue weighted by atomic mass is 10.3. The Morgan fingerprint density at radius 3 is 2.75 bits per heavy atom. The summed E-state index contributed by atoms with van der Waals surface area (Å²) < 4.78 is 5.46. The average Bonchev–Trinajstić information content (AvgIpc) is 2.20. The normalized spacial score (nSPS) is 12.3. The highest BCUT2D eigenvalue weighted by Crippen LogP contribution is 2.21. The highest BCUT2D eigenvalue weighted by atomic mass is 16.5. The standard InChI is InChI=1S/C11H17N3O2/c1-7(2)16-11-9(5-4-6-13-11)14-10(15)8(3)12/h4-8H,12H2,1-3H3,(H,14,15)/t8-/m1/s1. The van der Waals surface area contributed by atoms with Crippen molar-refractivity contribution >= 4 is 11.6 Å². The van der Waals surface area contributed by atoms with Crippen molar-refractivity contribution in [3.63, 3.8) is 0 Å². The van der Waals surface area contributed by atoms with E-state index in [1.54, 1.807) is 25.3 Å². The van der Waals surface area contributed by atoms with E-state index in [0.29, 0.717) is 11.6 Å². The second-order valence-corrected chi connectivity index (χ2v) is 3.80. The van der Waals surface area contributed by atoms with E-state index >= 15 is 0 Å². The van der Waals surface area contributed by atoms with E-state index in [4.69, 9.17) is 10.5 Å². The van der Waals surface area contributed by atoms with Gasteiger partial charge in [0.15, 0.2) is 0 Å². The number of nitrogens with one attached hydrogen (secondary N) is 1. The van der Waals surface area contributed by atoms with Crippen molar-refractivity contribution in [2.45, 2.75) is 32.9 Å². The number of nitrogens with zero attached hydrogens (tertiary/aromatic N) is 1. The molecule has 0 aliphatic carbocycles. The lowest BCUT2D eigenvalue weighted by Crippen LogP contribution is -2.32. The number of pyridine rings is 1. The van der Waals surface area contributed by atoms with Gasteiger partial charge in [-0.2, -0.15) is 0 Å². The van der Waals surface area contributed by atoms with E-state index in [1.165, 1.54) is 0 Å². The Hall–Kier alpha value is -1.62. The van der Waals surface area contributed by atoms with Gasteiger partial charge in [0, 0.05) is 6.20 Å². The summed E-state index contributed by atoms with van der Waals surface area (Å²) in [6.45, 7) is 5.41. The van der Waals surface area contributed by atoms with Gasteiger partial charge in [0.05, 0.1) is 12.1 Å². The highest BCUT2D eigenvalue weighted by Gasteiger charge is 2.12. The van der Waals surface area contributed by atoms with Crippen LogP contribution in [0.4, 0.5) is 5.69 Å². The number of carbonyl (C=O) groups excluding carboxylic acids is 1. The largest absolute Gasteiger partial charge is 0.473 e. The number of hydrogen-bond donors (Lipinski definition) is 2. The van der Waals surface area contributed by atoms with Gasteiger partial charge < -0.3 is 15.8 Å². The van der Waals surface area contributed by atoms with Crippen molar-refractivity contribution in [1.29, 1.82) is 0 Å². The molecule has 0 unspecified atom stereocenters. The number of nitrogens with two attached hydrogens (primary N) is 1. The lowest BCUT2D eigenvalue weighted by molar-refractivity contribution is -0.117. The second-order valence-electron chi connectivity index (χ2n) is 3.80. The molecule has 1 atom stereocenters. The predicted molar refractivity (Wildman–Crippen MR) is 62.3 cm³/mol. The SMILES string of the molecule is CC(C)Oc1ncccc1NC(=O)[C@@H](C)N. The Kier molecular flexibility index (Phi) is 4.25. The van der Waals surface area contributed by atoms with Gasteiger partial charge in [-0.15, -0.1) is 0 Å². The van der Waals surface area contributed by atoms with Crippen LogP contribution in [0.3, 0.4) is 0 Å². The molecule has 0 aromatic carbocycles. The van der Waals surface area contributed by atoms with Gasteiger partial charge >= 0.3 is 0 Å². The molecule has 0 saturated heterocycles. The van der Waals surface area contributed by atoms with E-state index in [2.05, 4.69) is 10.3 Å². The molecule has 88 valence electrons. The van der Waals surface area contributed by atoms with Gasteiger partial charge in [-0.1, -0.05) is 0 Å². The molecule has 0 fully saturated rings. The van der Waals surface area contributed by atoms with Crippen molar-refractivity contribution in [2.24, 2.45) is 5.73 Å². The molecule has 5 nitrogen and oxygen atoms in total. The van der Waals surface area contributed by atoms with Crippen LogP contribution in [-0.4, -0.2) is 23.0 Å². The van der Waals surface area contributed by atoms with Crippen LogP contribution in [0.2, 0.25) is 0 Å². The molecular formula is C11H17N3O2. The molecule has 0 aliphatic rings. The van der Waals surface area contributed by atoms with E-state index in [1.807, 2.05) is 13.8 Å². The molecule has 3 N–H and O–H groups in total. The van der Waals surface area contributed by atoms with Crippen LogP contribution < -0.4 is 15.8 Å². The maximum absolute atomic E-state index is 11.4. The molecule has 0 bridgehead atoms. The number of ether oxygens (including phenoxy) is 1. The Balaban J connectivity index is 2.82. The van der Waals surface area contributed by atoms with Gasteiger partial charge in [0.1, 0.15) is 5.69 Å². The molecule has 1 heterocycles. The molecule has 0 aliphatic heterocycles. The molecule has 1 aromatic rings.